The summed E-state index contributed by atoms with van der Waals surface area (Å²) in [4.78, 5) is 2.14. The van der Waals surface area contributed by atoms with Crippen molar-refractivity contribution in [2.75, 3.05) is 25.5 Å². The lowest BCUT2D eigenvalue weighted by Crippen LogP contribution is -2.30. The fourth-order valence-electron chi connectivity index (χ4n) is 2.35. The Hall–Kier alpha value is -2.36. The van der Waals surface area contributed by atoms with Crippen LogP contribution in [0.25, 0.3) is 0 Å². The molecule has 2 aromatic rings. The van der Waals surface area contributed by atoms with Gasteiger partial charge in [0.15, 0.2) is 0 Å². The van der Waals surface area contributed by atoms with Crippen LogP contribution in [0, 0.1) is 11.3 Å². The number of anilines is 1. The molecule has 0 aliphatic heterocycles. The van der Waals surface area contributed by atoms with Crippen molar-refractivity contribution in [3.8, 4) is 6.07 Å². The number of nitrogens with zero attached hydrogens (tertiary/aromatic N) is 3. The standard InChI is InChI=1S/C18H21N3O2S/c1-4-21(14-15-8-10-17(11-9-15)20(2)3)24(22,23)18-7-5-6-16(12-18)13-19/h5-12H,4,14H2,1-3H3. The van der Waals surface area contributed by atoms with Crippen LogP contribution >= 0.6 is 0 Å². The fourth-order valence-corrected chi connectivity index (χ4v) is 3.83. The molecule has 126 valence electrons. The van der Waals surface area contributed by atoms with Crippen LogP contribution in [0.5, 0.6) is 0 Å². The summed E-state index contributed by atoms with van der Waals surface area (Å²) < 4.78 is 27.0. The van der Waals surface area contributed by atoms with E-state index in [1.807, 2.05) is 49.3 Å². The molecule has 0 spiro atoms. The summed E-state index contributed by atoms with van der Waals surface area (Å²) >= 11 is 0. The van der Waals surface area contributed by atoms with Gasteiger partial charge < -0.3 is 4.90 Å². The van der Waals surface area contributed by atoms with Crippen LogP contribution in [0.1, 0.15) is 18.1 Å². The maximum absolute atomic E-state index is 12.8. The third-order valence-corrected chi connectivity index (χ3v) is 5.68. The SMILES string of the molecule is CCN(Cc1ccc(N(C)C)cc1)S(=O)(=O)c1cccc(C#N)c1. The normalized spacial score (nSPS) is 11.3. The van der Waals surface area contributed by atoms with E-state index in [9.17, 15) is 8.42 Å². The number of hydrogen-bond acceptors (Lipinski definition) is 4. The third-order valence-electron chi connectivity index (χ3n) is 3.77. The van der Waals surface area contributed by atoms with E-state index in [4.69, 9.17) is 5.26 Å². The molecular weight excluding hydrogens is 322 g/mol. The van der Waals surface area contributed by atoms with Gasteiger partial charge in [0.2, 0.25) is 10.0 Å². The number of rotatable bonds is 6. The van der Waals surface area contributed by atoms with Gasteiger partial charge in [0.1, 0.15) is 0 Å². The van der Waals surface area contributed by atoms with Crippen molar-refractivity contribution in [1.82, 2.24) is 4.31 Å². The molecule has 0 atom stereocenters. The first-order valence-corrected chi connectivity index (χ1v) is 9.09. The number of nitriles is 1. The molecule has 0 aliphatic rings. The lowest BCUT2D eigenvalue weighted by molar-refractivity contribution is 0.423. The topological polar surface area (TPSA) is 64.4 Å². The van der Waals surface area contributed by atoms with Gasteiger partial charge in [-0.2, -0.15) is 9.57 Å². The Morgan fingerprint density at radius 2 is 1.75 bits per heavy atom. The molecule has 0 N–H and O–H groups in total. The van der Waals surface area contributed by atoms with Crippen LogP contribution in [-0.2, 0) is 16.6 Å². The van der Waals surface area contributed by atoms with Gasteiger partial charge in [-0.1, -0.05) is 25.1 Å². The predicted octanol–water partition coefficient (Wildman–Crippen LogP) is 2.84. The third kappa shape index (κ3) is 3.94. The van der Waals surface area contributed by atoms with Crippen molar-refractivity contribution in [2.24, 2.45) is 0 Å². The molecule has 2 rings (SSSR count). The van der Waals surface area contributed by atoms with Gasteiger partial charge in [0.05, 0.1) is 16.5 Å². The van der Waals surface area contributed by atoms with Crippen LogP contribution < -0.4 is 4.90 Å². The van der Waals surface area contributed by atoms with Crippen LogP contribution in [0.3, 0.4) is 0 Å². The molecule has 0 aromatic heterocycles. The van der Waals surface area contributed by atoms with E-state index in [2.05, 4.69) is 0 Å². The summed E-state index contributed by atoms with van der Waals surface area (Å²) in [5, 5.41) is 8.97. The number of benzene rings is 2. The van der Waals surface area contributed by atoms with Crippen LogP contribution in [-0.4, -0.2) is 33.4 Å². The summed E-state index contributed by atoms with van der Waals surface area (Å²) in [7, 11) is 0.280. The van der Waals surface area contributed by atoms with Gasteiger partial charge in [-0.15, -0.1) is 0 Å². The van der Waals surface area contributed by atoms with Gasteiger partial charge in [-0.3, -0.25) is 0 Å². The number of hydrogen-bond donors (Lipinski definition) is 0. The highest BCUT2D eigenvalue weighted by Crippen LogP contribution is 2.20. The Morgan fingerprint density at radius 3 is 2.29 bits per heavy atom. The van der Waals surface area contributed by atoms with E-state index >= 15 is 0 Å². The lowest BCUT2D eigenvalue weighted by atomic mass is 10.2. The molecule has 0 saturated heterocycles. The Kier molecular flexibility index (Phi) is 5.60. The minimum Gasteiger partial charge on any atom is -0.378 e. The van der Waals surface area contributed by atoms with E-state index in [0.717, 1.165) is 11.3 Å². The summed E-state index contributed by atoms with van der Waals surface area (Å²) in [6, 6.07) is 15.9. The molecule has 0 aliphatic carbocycles. The maximum atomic E-state index is 12.8. The first-order valence-electron chi connectivity index (χ1n) is 7.65. The van der Waals surface area contributed by atoms with Crippen molar-refractivity contribution in [3.05, 3.63) is 59.7 Å². The van der Waals surface area contributed by atoms with Gasteiger partial charge in [-0.25, -0.2) is 8.42 Å². The van der Waals surface area contributed by atoms with E-state index in [1.54, 1.807) is 19.1 Å². The van der Waals surface area contributed by atoms with Gasteiger partial charge in [0.25, 0.3) is 0 Å². The molecule has 0 fully saturated rings. The molecule has 0 bridgehead atoms. The Labute approximate surface area is 143 Å². The minimum absolute atomic E-state index is 0.147. The molecule has 0 unspecified atom stereocenters. The quantitative estimate of drug-likeness (QED) is 0.809. The Bertz CT molecular complexity index is 837. The zero-order valence-electron chi connectivity index (χ0n) is 14.1. The van der Waals surface area contributed by atoms with Crippen molar-refractivity contribution < 1.29 is 8.42 Å². The highest BCUT2D eigenvalue weighted by molar-refractivity contribution is 7.89. The van der Waals surface area contributed by atoms with Crippen LogP contribution in [0.15, 0.2) is 53.4 Å². The first kappa shape index (κ1) is 18.0. The largest absolute Gasteiger partial charge is 0.378 e. The smallest absolute Gasteiger partial charge is 0.243 e. The number of sulfonamides is 1. The molecule has 6 heteroatoms. The summed E-state index contributed by atoms with van der Waals surface area (Å²) in [6.07, 6.45) is 0. The molecule has 0 heterocycles. The molecule has 24 heavy (non-hydrogen) atoms. The second kappa shape index (κ2) is 7.47. The minimum atomic E-state index is -3.64. The van der Waals surface area contributed by atoms with Gasteiger partial charge in [-0.05, 0) is 35.9 Å². The molecular formula is C18H21N3O2S. The summed E-state index contributed by atoms with van der Waals surface area (Å²) in [5.41, 5.74) is 2.32. The highest BCUT2D eigenvalue weighted by Gasteiger charge is 2.23. The van der Waals surface area contributed by atoms with E-state index in [0.29, 0.717) is 18.7 Å². The average Bonchev–Trinajstić information content (AvgIpc) is 2.59. The van der Waals surface area contributed by atoms with Crippen molar-refractivity contribution in [1.29, 1.82) is 5.26 Å². The van der Waals surface area contributed by atoms with Crippen LogP contribution in [0.4, 0.5) is 5.69 Å². The zero-order valence-corrected chi connectivity index (χ0v) is 14.9. The van der Waals surface area contributed by atoms with Crippen LogP contribution in [0.2, 0.25) is 0 Å². The Balaban J connectivity index is 2.28. The molecule has 0 radical (unpaired) electrons. The van der Waals surface area contributed by atoms with E-state index in [-0.39, 0.29) is 4.90 Å². The fraction of sp³-hybridized carbons (Fsp3) is 0.278. The second-order valence-electron chi connectivity index (χ2n) is 5.63. The summed E-state index contributed by atoms with van der Waals surface area (Å²) in [5.74, 6) is 0. The highest BCUT2D eigenvalue weighted by atomic mass is 32.2. The summed E-state index contributed by atoms with van der Waals surface area (Å²) in [6.45, 7) is 2.46. The Morgan fingerprint density at radius 1 is 1.08 bits per heavy atom. The van der Waals surface area contributed by atoms with Gasteiger partial charge in [0, 0.05) is 32.9 Å². The lowest BCUT2D eigenvalue weighted by Gasteiger charge is -2.21. The van der Waals surface area contributed by atoms with Crippen molar-refractivity contribution in [3.63, 3.8) is 0 Å². The predicted molar refractivity (Wildman–Crippen MR) is 95.2 cm³/mol. The average molecular weight is 343 g/mol. The van der Waals surface area contributed by atoms with E-state index in [1.165, 1.54) is 16.4 Å². The van der Waals surface area contributed by atoms with E-state index < -0.39 is 10.0 Å². The molecule has 0 saturated carbocycles. The van der Waals surface area contributed by atoms with Gasteiger partial charge >= 0.3 is 0 Å². The van der Waals surface area contributed by atoms with Crippen molar-refractivity contribution in [2.45, 2.75) is 18.4 Å². The maximum Gasteiger partial charge on any atom is 0.243 e. The van der Waals surface area contributed by atoms with Crippen molar-refractivity contribution >= 4 is 15.7 Å². The second-order valence-corrected chi connectivity index (χ2v) is 7.57. The molecule has 5 nitrogen and oxygen atoms in total. The molecule has 2 aromatic carbocycles. The zero-order chi connectivity index (χ0) is 17.7. The monoisotopic (exact) mass is 343 g/mol. The first-order chi connectivity index (χ1) is 11.4. The molecule has 0 amide bonds.